The van der Waals surface area contributed by atoms with Gasteiger partial charge in [0.05, 0.1) is 0 Å². The Labute approximate surface area is 117 Å². The van der Waals surface area contributed by atoms with Crippen LogP contribution in [-0.2, 0) is 0 Å². The molecule has 0 unspecified atom stereocenters. The smallest absolute Gasteiger partial charge is 0.357 e. The van der Waals surface area contributed by atoms with Gasteiger partial charge in [-0.1, -0.05) is 36.4 Å². The van der Waals surface area contributed by atoms with Crippen molar-refractivity contribution in [2.45, 2.75) is 0 Å². The van der Waals surface area contributed by atoms with E-state index >= 15 is 0 Å². The van der Waals surface area contributed by atoms with Crippen LogP contribution in [0.2, 0.25) is 0 Å². The van der Waals surface area contributed by atoms with Gasteiger partial charge in [0.15, 0.2) is 7.14 Å². The van der Waals surface area contributed by atoms with E-state index in [1.165, 1.54) is 7.14 Å². The third-order valence-electron chi connectivity index (χ3n) is 1.68. The highest BCUT2D eigenvalue weighted by molar-refractivity contribution is 14.0. The normalized spacial score (nSPS) is 8.53. The molecule has 2 aromatic rings. The van der Waals surface area contributed by atoms with Crippen molar-refractivity contribution in [3.63, 3.8) is 0 Å². The molecule has 3 heteroatoms. The van der Waals surface area contributed by atoms with E-state index in [1.54, 1.807) is 0 Å². The first-order valence-corrected chi connectivity index (χ1v) is 6.36. The molecule has 0 bridgehead atoms. The molecular weight excluding hydrogens is 417 g/mol. The molecule has 0 N–H and O–H groups in total. The van der Waals surface area contributed by atoms with E-state index < -0.39 is 0 Å². The Hall–Kier alpha value is -0.170. The van der Waals surface area contributed by atoms with Gasteiger partial charge in [0, 0.05) is 0 Å². The predicted octanol–water partition coefficient (Wildman–Crippen LogP) is -2.56. The van der Waals surface area contributed by atoms with Gasteiger partial charge in [-0.15, -0.1) is 24.0 Å². The van der Waals surface area contributed by atoms with E-state index in [9.17, 15) is 0 Å². The van der Waals surface area contributed by atoms with Crippen molar-refractivity contribution in [3.05, 3.63) is 67.8 Å². The Morgan fingerprint density at radius 2 is 0.933 bits per heavy atom. The zero-order chi connectivity index (χ0) is 8.93. The summed E-state index contributed by atoms with van der Waals surface area (Å²) in [5, 5.41) is 0. The molecule has 0 aliphatic heterocycles. The molecule has 0 saturated heterocycles. The number of hydrogen-bond donors (Lipinski definition) is 0. The largest absolute Gasteiger partial charge is 1.00 e. The van der Waals surface area contributed by atoms with E-state index in [2.05, 4.69) is 60.7 Å². The molecule has 2 rings (SSSR count). The van der Waals surface area contributed by atoms with E-state index in [0.29, 0.717) is 0 Å². The van der Waals surface area contributed by atoms with Crippen LogP contribution in [0.3, 0.4) is 0 Å². The minimum absolute atomic E-state index is 0. The van der Waals surface area contributed by atoms with Crippen LogP contribution in [0.4, 0.5) is 0 Å². The predicted molar refractivity (Wildman–Crippen MR) is 65.7 cm³/mol. The molecule has 0 fully saturated rings. The Morgan fingerprint density at radius 1 is 0.600 bits per heavy atom. The van der Waals surface area contributed by atoms with Crippen molar-refractivity contribution in [2.24, 2.45) is 0 Å². The van der Waals surface area contributed by atoms with Crippen LogP contribution in [-0.4, -0.2) is 0 Å². The quantitative estimate of drug-likeness (QED) is 0.462. The fourth-order valence-electron chi connectivity index (χ4n) is 1.08. The van der Waals surface area contributed by atoms with E-state index in [-0.39, 0.29) is 49.9 Å². The lowest BCUT2D eigenvalue weighted by molar-refractivity contribution is -0.597. The van der Waals surface area contributed by atoms with E-state index in [1.807, 2.05) is 0 Å². The molecule has 0 saturated carbocycles. The van der Waals surface area contributed by atoms with Crippen molar-refractivity contribution in [3.8, 4) is 0 Å². The van der Waals surface area contributed by atoms with Crippen molar-refractivity contribution >= 4 is 24.0 Å². The minimum Gasteiger partial charge on any atom is -1.00 e. The topological polar surface area (TPSA) is 0 Å². The lowest BCUT2D eigenvalue weighted by Gasteiger charge is -1.84. The summed E-state index contributed by atoms with van der Waals surface area (Å²) in [6.45, 7) is 0. The van der Waals surface area contributed by atoms with Gasteiger partial charge >= 0.3 is 21.2 Å². The van der Waals surface area contributed by atoms with Crippen molar-refractivity contribution in [1.82, 2.24) is 0 Å². The Bertz CT molecular complexity index is 324. The Kier molecular flexibility index (Phi) is 7.95. The second-order valence-electron chi connectivity index (χ2n) is 2.69. The lowest BCUT2D eigenvalue weighted by Crippen LogP contribution is -3.61. The third kappa shape index (κ3) is 4.92. The average Bonchev–Trinajstić information content (AvgIpc) is 2.21. The molecule has 0 heterocycles. The first-order valence-electron chi connectivity index (χ1n) is 4.20. The zero-order valence-electron chi connectivity index (χ0n) is 7.94. The maximum absolute atomic E-state index is 2.21. The highest BCUT2D eigenvalue weighted by Gasteiger charge is 2.12. The number of hydrogen-bond acceptors (Lipinski definition) is 0. The molecule has 0 aliphatic carbocycles. The van der Waals surface area contributed by atoms with E-state index in [4.69, 9.17) is 0 Å². The van der Waals surface area contributed by atoms with Gasteiger partial charge in [0.2, 0.25) is 0 Å². The summed E-state index contributed by atoms with van der Waals surface area (Å²) in [5.74, 6) is 0. The molecule has 80 valence electrons. The minimum atomic E-state index is 0. The molecule has 15 heavy (non-hydrogen) atoms. The van der Waals surface area contributed by atoms with Crippen LogP contribution >= 0.6 is 24.0 Å². The summed E-state index contributed by atoms with van der Waals surface area (Å²) >= 11 is 0.0287. The first-order chi connectivity index (χ1) is 6.45. The van der Waals surface area contributed by atoms with Crippen molar-refractivity contribution in [2.75, 3.05) is 0 Å². The van der Waals surface area contributed by atoms with Gasteiger partial charge in [0.1, 0.15) is 0 Å². The monoisotopic (exact) mass is 428 g/mol. The van der Waals surface area contributed by atoms with Crippen LogP contribution < -0.4 is 25.9 Å². The molecule has 0 aromatic heterocycles. The number of rotatable bonds is 2. The number of halogens is 3. The molecular formula is C12H11FI2. The summed E-state index contributed by atoms with van der Waals surface area (Å²) in [6, 6.07) is 21.4. The molecule has 0 atom stereocenters. The van der Waals surface area contributed by atoms with Crippen LogP contribution in [0.25, 0.3) is 0 Å². The summed E-state index contributed by atoms with van der Waals surface area (Å²) in [6.07, 6.45) is 0. The Morgan fingerprint density at radius 3 is 1.27 bits per heavy atom. The number of benzene rings is 2. The molecule has 0 aliphatic rings. The van der Waals surface area contributed by atoms with Gasteiger partial charge in [-0.2, -0.15) is 0 Å². The van der Waals surface area contributed by atoms with E-state index in [0.717, 1.165) is 0 Å². The fourth-order valence-corrected chi connectivity index (χ4v) is 3.35. The second-order valence-corrected chi connectivity index (χ2v) is 5.72. The summed E-state index contributed by atoms with van der Waals surface area (Å²) in [4.78, 5) is 0. The maximum Gasteiger partial charge on any atom is 0.357 e. The molecule has 0 radical (unpaired) electrons. The SMILES string of the molecule is I.[F-].c1ccc([I+]c2ccccc2)cc1. The zero-order valence-corrected chi connectivity index (χ0v) is 12.4. The van der Waals surface area contributed by atoms with Crippen LogP contribution in [0.5, 0.6) is 0 Å². The van der Waals surface area contributed by atoms with Crippen molar-refractivity contribution in [1.29, 1.82) is 0 Å². The maximum atomic E-state index is 2.21. The van der Waals surface area contributed by atoms with Gasteiger partial charge in [-0.05, 0) is 24.3 Å². The van der Waals surface area contributed by atoms with Crippen LogP contribution in [0.1, 0.15) is 0 Å². The molecule has 0 spiro atoms. The summed E-state index contributed by atoms with van der Waals surface area (Å²) < 4.78 is 2.96. The highest BCUT2D eigenvalue weighted by atomic mass is 127. The summed E-state index contributed by atoms with van der Waals surface area (Å²) in [7, 11) is 0. The first kappa shape index (κ1) is 14.8. The van der Waals surface area contributed by atoms with Crippen molar-refractivity contribution < 1.29 is 25.9 Å². The lowest BCUT2D eigenvalue weighted by atomic mass is 10.4. The molecule has 0 nitrogen and oxygen atoms in total. The third-order valence-corrected chi connectivity index (χ3v) is 4.37. The standard InChI is InChI=1S/C12H10I.FH.HI/c1-3-7-11(8-4-1)13-12-9-5-2-6-10-12;;/h1-10H;2*1H/q+1;;/p-1. The van der Waals surface area contributed by atoms with Gasteiger partial charge in [-0.25, -0.2) is 0 Å². The van der Waals surface area contributed by atoms with Gasteiger partial charge < -0.3 is 4.70 Å². The fraction of sp³-hybridized carbons (Fsp3) is 0. The Balaban J connectivity index is 0.000000980. The molecule has 2 aromatic carbocycles. The summed E-state index contributed by atoms with van der Waals surface area (Å²) in [5.41, 5.74) is 0. The highest BCUT2D eigenvalue weighted by Crippen LogP contribution is 1.85. The molecule has 0 amide bonds. The van der Waals surface area contributed by atoms with Crippen LogP contribution in [0.15, 0.2) is 60.7 Å². The van der Waals surface area contributed by atoms with Crippen LogP contribution in [0, 0.1) is 7.14 Å². The average molecular weight is 428 g/mol. The van der Waals surface area contributed by atoms with Gasteiger partial charge in [-0.3, -0.25) is 0 Å². The van der Waals surface area contributed by atoms with Gasteiger partial charge in [0.25, 0.3) is 0 Å². The second kappa shape index (κ2) is 8.04.